The average Bonchev–Trinajstić information content (AvgIpc) is 2.21. The number of amides is 2. The van der Waals surface area contributed by atoms with Crippen molar-refractivity contribution in [3.63, 3.8) is 0 Å². The van der Waals surface area contributed by atoms with Crippen molar-refractivity contribution in [2.75, 3.05) is 11.9 Å². The number of benzene rings is 1. The van der Waals surface area contributed by atoms with Gasteiger partial charge in [-0.3, -0.25) is 9.59 Å². The Bertz CT molecular complexity index is 423. The molecule has 0 aliphatic rings. The smallest absolute Gasteiger partial charge is 0.243 e. The molecule has 0 aromatic heterocycles. The fraction of sp³-hybridized carbons (Fsp3) is 0.200. The van der Waals surface area contributed by atoms with Gasteiger partial charge in [0, 0.05) is 12.6 Å². The fourth-order valence-corrected chi connectivity index (χ4v) is 1.36. The van der Waals surface area contributed by atoms with Crippen LogP contribution in [0.15, 0.2) is 22.7 Å². The molecule has 0 unspecified atom stereocenters. The van der Waals surface area contributed by atoms with Crippen LogP contribution in [0.1, 0.15) is 6.92 Å². The minimum absolute atomic E-state index is 0.107. The molecule has 0 aliphatic carbocycles. The van der Waals surface area contributed by atoms with Crippen LogP contribution < -0.4 is 10.6 Å². The first-order chi connectivity index (χ1) is 7.49. The molecule has 0 heterocycles. The van der Waals surface area contributed by atoms with E-state index in [1.807, 2.05) is 0 Å². The van der Waals surface area contributed by atoms with Crippen molar-refractivity contribution in [1.82, 2.24) is 5.32 Å². The molecular formula is C10H10BrFN2O2. The maximum Gasteiger partial charge on any atom is 0.243 e. The Morgan fingerprint density at radius 1 is 1.44 bits per heavy atom. The molecule has 1 aromatic rings. The van der Waals surface area contributed by atoms with Crippen molar-refractivity contribution in [2.45, 2.75) is 6.92 Å². The summed E-state index contributed by atoms with van der Waals surface area (Å²) in [6, 6.07) is 4.12. The second kappa shape index (κ2) is 5.60. The Morgan fingerprint density at radius 3 is 2.69 bits per heavy atom. The van der Waals surface area contributed by atoms with Crippen LogP contribution in [-0.2, 0) is 9.59 Å². The molecule has 4 nitrogen and oxygen atoms in total. The summed E-state index contributed by atoms with van der Waals surface area (Å²) < 4.78 is 13.1. The lowest BCUT2D eigenvalue weighted by Gasteiger charge is -2.06. The molecule has 1 aromatic carbocycles. The van der Waals surface area contributed by atoms with Crippen molar-refractivity contribution in [1.29, 1.82) is 0 Å². The number of carbonyl (C=O) groups excluding carboxylic acids is 2. The number of halogens is 2. The molecule has 0 aliphatic heterocycles. The third kappa shape index (κ3) is 3.98. The fourth-order valence-electron chi connectivity index (χ4n) is 0.984. The minimum atomic E-state index is -0.403. The van der Waals surface area contributed by atoms with E-state index in [1.54, 1.807) is 0 Å². The zero-order valence-electron chi connectivity index (χ0n) is 8.51. The maximum atomic E-state index is 12.9. The zero-order chi connectivity index (χ0) is 12.1. The van der Waals surface area contributed by atoms with Crippen LogP contribution in [0.4, 0.5) is 10.1 Å². The van der Waals surface area contributed by atoms with E-state index in [1.165, 1.54) is 25.1 Å². The zero-order valence-corrected chi connectivity index (χ0v) is 10.1. The number of rotatable bonds is 3. The van der Waals surface area contributed by atoms with Gasteiger partial charge < -0.3 is 10.6 Å². The van der Waals surface area contributed by atoms with Gasteiger partial charge in [0.25, 0.3) is 0 Å². The maximum absolute atomic E-state index is 12.9. The molecule has 0 saturated heterocycles. The molecule has 6 heteroatoms. The SMILES string of the molecule is CC(=O)NCC(=O)Nc1ccc(F)c(Br)c1. The highest BCUT2D eigenvalue weighted by Crippen LogP contribution is 2.19. The van der Waals surface area contributed by atoms with Crippen molar-refractivity contribution in [2.24, 2.45) is 0 Å². The summed E-state index contributed by atoms with van der Waals surface area (Å²) >= 11 is 3.00. The Balaban J connectivity index is 2.56. The third-order valence-corrected chi connectivity index (χ3v) is 2.31. The third-order valence-electron chi connectivity index (χ3n) is 1.70. The molecule has 0 bridgehead atoms. The van der Waals surface area contributed by atoms with Gasteiger partial charge >= 0.3 is 0 Å². The van der Waals surface area contributed by atoms with Crippen LogP contribution in [0, 0.1) is 5.82 Å². The average molecular weight is 289 g/mol. The Labute approximate surface area is 100 Å². The predicted octanol–water partition coefficient (Wildman–Crippen LogP) is 1.66. The lowest BCUT2D eigenvalue weighted by atomic mass is 10.3. The van der Waals surface area contributed by atoms with E-state index >= 15 is 0 Å². The lowest BCUT2D eigenvalue weighted by Crippen LogP contribution is -2.31. The normalized spacial score (nSPS) is 9.69. The topological polar surface area (TPSA) is 58.2 Å². The van der Waals surface area contributed by atoms with Gasteiger partial charge in [-0.2, -0.15) is 0 Å². The first-order valence-corrected chi connectivity index (χ1v) is 5.27. The van der Waals surface area contributed by atoms with Gasteiger partial charge in [-0.25, -0.2) is 4.39 Å². The van der Waals surface area contributed by atoms with Gasteiger partial charge in [-0.05, 0) is 34.1 Å². The number of hydrogen-bond acceptors (Lipinski definition) is 2. The molecule has 0 atom stereocenters. The number of hydrogen-bond donors (Lipinski definition) is 2. The van der Waals surface area contributed by atoms with E-state index in [-0.39, 0.29) is 22.8 Å². The lowest BCUT2D eigenvalue weighted by molar-refractivity contribution is -0.122. The Hall–Kier alpha value is -1.43. The second-order valence-electron chi connectivity index (χ2n) is 3.09. The summed E-state index contributed by atoms with van der Waals surface area (Å²) in [4.78, 5) is 21.8. The van der Waals surface area contributed by atoms with Crippen molar-refractivity contribution in [3.8, 4) is 0 Å². The molecule has 0 saturated carbocycles. The molecular weight excluding hydrogens is 279 g/mol. The van der Waals surface area contributed by atoms with Crippen LogP contribution in [0.25, 0.3) is 0 Å². The van der Waals surface area contributed by atoms with E-state index in [2.05, 4.69) is 26.6 Å². The summed E-state index contributed by atoms with van der Waals surface area (Å²) in [5.74, 6) is -1.05. The van der Waals surface area contributed by atoms with E-state index in [0.717, 1.165) is 0 Å². The first kappa shape index (κ1) is 12.6. The van der Waals surface area contributed by atoms with E-state index in [0.29, 0.717) is 5.69 Å². The molecule has 0 radical (unpaired) electrons. The van der Waals surface area contributed by atoms with Gasteiger partial charge in [0.1, 0.15) is 5.82 Å². The molecule has 1 rings (SSSR count). The molecule has 2 N–H and O–H groups in total. The first-order valence-electron chi connectivity index (χ1n) is 4.48. The highest BCUT2D eigenvalue weighted by atomic mass is 79.9. The van der Waals surface area contributed by atoms with Gasteiger partial charge in [-0.15, -0.1) is 0 Å². The quantitative estimate of drug-likeness (QED) is 0.889. The van der Waals surface area contributed by atoms with Crippen LogP contribution >= 0.6 is 15.9 Å². The highest BCUT2D eigenvalue weighted by molar-refractivity contribution is 9.10. The van der Waals surface area contributed by atoms with Gasteiger partial charge in [-0.1, -0.05) is 0 Å². The second-order valence-corrected chi connectivity index (χ2v) is 3.94. The van der Waals surface area contributed by atoms with Crippen molar-refractivity contribution >= 4 is 33.4 Å². The summed E-state index contributed by atoms with van der Waals surface area (Å²) in [7, 11) is 0. The van der Waals surface area contributed by atoms with Crippen molar-refractivity contribution < 1.29 is 14.0 Å². The van der Waals surface area contributed by atoms with Crippen LogP contribution in [0.2, 0.25) is 0 Å². The summed E-state index contributed by atoms with van der Waals surface area (Å²) in [6.45, 7) is 1.21. The summed E-state index contributed by atoms with van der Waals surface area (Å²) in [5, 5.41) is 4.87. The van der Waals surface area contributed by atoms with Gasteiger partial charge in [0.15, 0.2) is 0 Å². The molecule has 0 fully saturated rings. The minimum Gasteiger partial charge on any atom is -0.347 e. The molecule has 2 amide bonds. The van der Waals surface area contributed by atoms with Crippen LogP contribution in [0.3, 0.4) is 0 Å². The van der Waals surface area contributed by atoms with Crippen LogP contribution in [0.5, 0.6) is 0 Å². The highest BCUT2D eigenvalue weighted by Gasteiger charge is 2.05. The Kier molecular flexibility index (Phi) is 4.42. The van der Waals surface area contributed by atoms with E-state index < -0.39 is 5.82 Å². The number of nitrogens with one attached hydrogen (secondary N) is 2. The van der Waals surface area contributed by atoms with Gasteiger partial charge in [0.2, 0.25) is 11.8 Å². The Morgan fingerprint density at radius 2 is 2.12 bits per heavy atom. The molecule has 0 spiro atoms. The van der Waals surface area contributed by atoms with Crippen LogP contribution in [-0.4, -0.2) is 18.4 Å². The van der Waals surface area contributed by atoms with Crippen molar-refractivity contribution in [3.05, 3.63) is 28.5 Å². The largest absolute Gasteiger partial charge is 0.347 e. The summed E-state index contributed by atoms with van der Waals surface area (Å²) in [6.07, 6.45) is 0. The number of carbonyl (C=O) groups is 2. The summed E-state index contributed by atoms with van der Waals surface area (Å²) in [5.41, 5.74) is 0.462. The standard InChI is InChI=1S/C10H10BrFN2O2/c1-6(15)13-5-10(16)14-7-2-3-9(12)8(11)4-7/h2-4H,5H2,1H3,(H,13,15)(H,14,16). The number of anilines is 1. The molecule has 86 valence electrons. The monoisotopic (exact) mass is 288 g/mol. The van der Waals surface area contributed by atoms with Gasteiger partial charge in [0.05, 0.1) is 11.0 Å². The van der Waals surface area contributed by atoms with E-state index in [9.17, 15) is 14.0 Å². The van der Waals surface area contributed by atoms with E-state index in [4.69, 9.17) is 0 Å². The predicted molar refractivity (Wildman–Crippen MR) is 61.4 cm³/mol. The molecule has 16 heavy (non-hydrogen) atoms.